The van der Waals surface area contributed by atoms with Gasteiger partial charge >= 0.3 is 6.01 Å². The average Bonchev–Trinajstić information content (AvgIpc) is 2.82. The molecule has 2 aromatic heterocycles. The summed E-state index contributed by atoms with van der Waals surface area (Å²) in [7, 11) is 0. The van der Waals surface area contributed by atoms with Crippen molar-refractivity contribution in [3.8, 4) is 17.6 Å². The Morgan fingerprint density at radius 1 is 1.33 bits per heavy atom. The highest BCUT2D eigenvalue weighted by Gasteiger charge is 2.25. The van der Waals surface area contributed by atoms with Gasteiger partial charge in [-0.2, -0.15) is 9.97 Å². The fraction of sp³-hybridized carbons (Fsp3) is 0.190. The molecule has 1 fully saturated rings. The SMILES string of the molecule is C=CC(=O)N1CCN(c2nc(O)nc3c(Oc4c(Cl)c(F)cc(N)c4C=N)nccc23)CC1. The number of carbonyl (C=O) groups excluding carboxylic acids is 1. The molecule has 4 rings (SSSR count). The van der Waals surface area contributed by atoms with E-state index in [0.717, 1.165) is 12.3 Å². The Balaban J connectivity index is 1.76. The predicted octanol–water partition coefficient (Wildman–Crippen LogP) is 2.73. The maximum absolute atomic E-state index is 14.2. The van der Waals surface area contributed by atoms with Crippen molar-refractivity contribution in [3.63, 3.8) is 0 Å². The van der Waals surface area contributed by atoms with Gasteiger partial charge in [0.15, 0.2) is 5.75 Å². The van der Waals surface area contributed by atoms with Crippen molar-refractivity contribution in [2.24, 2.45) is 0 Å². The van der Waals surface area contributed by atoms with Crippen molar-refractivity contribution in [1.29, 1.82) is 5.41 Å². The van der Waals surface area contributed by atoms with E-state index in [1.54, 1.807) is 11.0 Å². The van der Waals surface area contributed by atoms with Crippen LogP contribution < -0.4 is 15.4 Å². The summed E-state index contributed by atoms with van der Waals surface area (Å²) in [5.74, 6) is -0.826. The number of piperazine rings is 1. The minimum absolute atomic E-state index is 0.0350. The lowest BCUT2D eigenvalue weighted by Gasteiger charge is -2.35. The number of fused-ring (bicyclic) bond motifs is 1. The van der Waals surface area contributed by atoms with Gasteiger partial charge < -0.3 is 30.8 Å². The molecule has 1 aliphatic rings. The number of pyridine rings is 1. The molecule has 170 valence electrons. The first kappa shape index (κ1) is 22.2. The summed E-state index contributed by atoms with van der Waals surface area (Å²) in [4.78, 5) is 27.8. The standard InChI is InChI=1S/C21H19ClFN7O3/c1-2-15(31)29-5-7-30(8-6-29)19-11-3-4-26-20(17(11)27-21(32)28-19)33-18-12(10-24)14(25)9-13(23)16(18)22/h2-4,9-10,24H,1,5-8,25H2,(H,27,28,32). The first-order valence-corrected chi connectivity index (χ1v) is 10.2. The lowest BCUT2D eigenvalue weighted by Crippen LogP contribution is -2.48. The monoisotopic (exact) mass is 471 g/mol. The van der Waals surface area contributed by atoms with Gasteiger partial charge in [-0.15, -0.1) is 0 Å². The third kappa shape index (κ3) is 4.10. The summed E-state index contributed by atoms with van der Waals surface area (Å²) in [5.41, 5.74) is 5.99. The summed E-state index contributed by atoms with van der Waals surface area (Å²) in [6.45, 7) is 5.34. The number of aromatic hydroxyl groups is 1. The highest BCUT2D eigenvalue weighted by Crippen LogP contribution is 2.39. The van der Waals surface area contributed by atoms with Crippen LogP contribution in [0.5, 0.6) is 17.6 Å². The molecule has 0 saturated carbocycles. The van der Waals surface area contributed by atoms with Gasteiger partial charge in [0.2, 0.25) is 11.8 Å². The number of amides is 1. The van der Waals surface area contributed by atoms with Crippen LogP contribution in [0.1, 0.15) is 5.56 Å². The van der Waals surface area contributed by atoms with Crippen molar-refractivity contribution in [2.75, 3.05) is 36.8 Å². The van der Waals surface area contributed by atoms with Gasteiger partial charge in [0.25, 0.3) is 0 Å². The third-order valence-corrected chi connectivity index (χ3v) is 5.56. The Kier molecular flexibility index (Phi) is 5.97. The van der Waals surface area contributed by atoms with E-state index in [2.05, 4.69) is 21.5 Å². The van der Waals surface area contributed by atoms with E-state index >= 15 is 0 Å². The van der Waals surface area contributed by atoms with Crippen molar-refractivity contribution in [3.05, 3.63) is 47.4 Å². The summed E-state index contributed by atoms with van der Waals surface area (Å²) in [6.07, 6.45) is 3.60. The molecule has 0 aliphatic carbocycles. The highest BCUT2D eigenvalue weighted by atomic mass is 35.5. The van der Waals surface area contributed by atoms with Crippen molar-refractivity contribution < 1.29 is 19.0 Å². The Morgan fingerprint density at radius 2 is 2.06 bits per heavy atom. The summed E-state index contributed by atoms with van der Waals surface area (Å²) in [6, 6.07) is 2.13. The van der Waals surface area contributed by atoms with E-state index in [1.807, 2.05) is 4.90 Å². The van der Waals surface area contributed by atoms with Gasteiger partial charge in [0.05, 0.1) is 10.9 Å². The number of anilines is 2. The van der Waals surface area contributed by atoms with Crippen molar-refractivity contribution in [1.82, 2.24) is 19.9 Å². The number of aromatic nitrogens is 3. The molecular weight excluding hydrogens is 453 g/mol. The number of carbonyl (C=O) groups is 1. The van der Waals surface area contributed by atoms with Crippen molar-refractivity contribution >= 4 is 46.1 Å². The second-order valence-electron chi connectivity index (χ2n) is 7.13. The van der Waals surface area contributed by atoms with Gasteiger partial charge in [-0.25, -0.2) is 9.37 Å². The molecular formula is C21H19ClFN7O3. The largest absolute Gasteiger partial charge is 0.479 e. The smallest absolute Gasteiger partial charge is 0.316 e. The lowest BCUT2D eigenvalue weighted by atomic mass is 10.1. The maximum Gasteiger partial charge on any atom is 0.316 e. The molecule has 12 heteroatoms. The van der Waals surface area contributed by atoms with E-state index in [0.29, 0.717) is 37.4 Å². The van der Waals surface area contributed by atoms with Crippen LogP contribution >= 0.6 is 11.6 Å². The van der Waals surface area contributed by atoms with Crippen LogP contribution in [0.3, 0.4) is 0 Å². The van der Waals surface area contributed by atoms with Crippen LogP contribution in [0.4, 0.5) is 15.9 Å². The van der Waals surface area contributed by atoms with Crippen LogP contribution in [0.2, 0.25) is 5.02 Å². The quantitative estimate of drug-likeness (QED) is 0.293. The Hall–Kier alpha value is -3.99. The van der Waals surface area contributed by atoms with E-state index in [4.69, 9.17) is 27.5 Å². The maximum atomic E-state index is 14.2. The number of nitrogen functional groups attached to an aromatic ring is 1. The lowest BCUT2D eigenvalue weighted by molar-refractivity contribution is -0.126. The first-order chi connectivity index (χ1) is 15.8. The molecule has 1 aliphatic heterocycles. The number of halogens is 2. The number of nitrogens with two attached hydrogens (primary N) is 1. The second kappa shape index (κ2) is 8.87. The van der Waals surface area contributed by atoms with Gasteiger partial charge in [-0.1, -0.05) is 18.2 Å². The summed E-state index contributed by atoms with van der Waals surface area (Å²) < 4.78 is 19.9. The van der Waals surface area contributed by atoms with Gasteiger partial charge in [-0.05, 0) is 18.2 Å². The fourth-order valence-corrected chi connectivity index (χ4v) is 3.76. The first-order valence-electron chi connectivity index (χ1n) is 9.81. The van der Waals surface area contributed by atoms with Crippen LogP contribution in [-0.2, 0) is 4.79 Å². The molecule has 0 bridgehead atoms. The molecule has 1 aromatic carbocycles. The van der Waals surface area contributed by atoms with E-state index in [-0.39, 0.29) is 39.3 Å². The normalized spacial score (nSPS) is 13.8. The summed E-state index contributed by atoms with van der Waals surface area (Å²) in [5, 5.41) is 17.9. The molecule has 3 heterocycles. The van der Waals surface area contributed by atoms with Crippen LogP contribution in [0.25, 0.3) is 10.9 Å². The third-order valence-electron chi connectivity index (χ3n) is 5.20. The highest BCUT2D eigenvalue weighted by molar-refractivity contribution is 6.33. The minimum atomic E-state index is -0.819. The predicted molar refractivity (Wildman–Crippen MR) is 122 cm³/mol. The minimum Gasteiger partial charge on any atom is -0.479 e. The van der Waals surface area contributed by atoms with Crippen LogP contribution in [0, 0.1) is 11.2 Å². The van der Waals surface area contributed by atoms with Gasteiger partial charge in [0.1, 0.15) is 22.2 Å². The van der Waals surface area contributed by atoms with Crippen LogP contribution in [0.15, 0.2) is 31.0 Å². The molecule has 1 amide bonds. The zero-order valence-corrected chi connectivity index (χ0v) is 18.0. The zero-order chi connectivity index (χ0) is 23.7. The molecule has 0 atom stereocenters. The molecule has 1 saturated heterocycles. The summed E-state index contributed by atoms with van der Waals surface area (Å²) >= 11 is 6.07. The zero-order valence-electron chi connectivity index (χ0n) is 17.3. The molecule has 4 N–H and O–H groups in total. The van der Waals surface area contributed by atoms with Crippen molar-refractivity contribution in [2.45, 2.75) is 0 Å². The molecule has 0 spiro atoms. The van der Waals surface area contributed by atoms with Gasteiger partial charge in [-0.3, -0.25) is 4.79 Å². The number of hydrogen-bond donors (Lipinski definition) is 3. The Morgan fingerprint density at radius 3 is 2.73 bits per heavy atom. The van der Waals surface area contributed by atoms with E-state index < -0.39 is 11.8 Å². The average molecular weight is 472 g/mol. The van der Waals surface area contributed by atoms with E-state index in [1.165, 1.54) is 12.3 Å². The van der Waals surface area contributed by atoms with E-state index in [9.17, 15) is 14.3 Å². The number of rotatable bonds is 5. The number of hydrogen-bond acceptors (Lipinski definition) is 9. The second-order valence-corrected chi connectivity index (χ2v) is 7.50. The number of nitrogens with zero attached hydrogens (tertiary/aromatic N) is 5. The van der Waals surface area contributed by atoms with Crippen LogP contribution in [-0.4, -0.2) is 63.3 Å². The van der Waals surface area contributed by atoms with Gasteiger partial charge in [0, 0.05) is 44.3 Å². The molecule has 0 unspecified atom stereocenters. The number of nitrogens with one attached hydrogen (secondary N) is 1. The Labute approximate surface area is 192 Å². The fourth-order valence-electron chi connectivity index (χ4n) is 3.57. The molecule has 33 heavy (non-hydrogen) atoms. The molecule has 10 nitrogen and oxygen atoms in total. The molecule has 3 aromatic rings. The molecule has 0 radical (unpaired) electrons. The number of benzene rings is 1. The number of ether oxygens (including phenoxy) is 1. The Bertz CT molecular complexity index is 1280. The topological polar surface area (TPSA) is 142 Å².